The third-order valence-corrected chi connectivity index (χ3v) is 25.5. The molecule has 5 heterocycles. The van der Waals surface area contributed by atoms with Crippen molar-refractivity contribution in [1.82, 2.24) is 24.9 Å². The Bertz CT molecular complexity index is 6520. The average molecular weight is 1840 g/mol. The Labute approximate surface area is 783 Å². The molecule has 23 heteroatoms. The summed E-state index contributed by atoms with van der Waals surface area (Å²) in [6.45, 7) is 7.99. The second kappa shape index (κ2) is 41.5. The normalized spacial score (nSPS) is 12.7. The number of amides is 5. The predicted octanol–water partition coefficient (Wildman–Crippen LogP) is 26.9. The van der Waals surface area contributed by atoms with Gasteiger partial charge in [-0.2, -0.15) is 0 Å². The fourth-order valence-electron chi connectivity index (χ4n) is 17.3. The van der Waals surface area contributed by atoms with Gasteiger partial charge in [0.1, 0.15) is 57.9 Å². The molecule has 10 aromatic carbocycles. The number of rotatable bonds is 15. The maximum atomic E-state index is 13.7. The highest BCUT2D eigenvalue weighted by atomic mass is 35.5. The number of fused-ring (bicyclic) bond motifs is 5. The number of anilines is 5. The standard InChI is InChI=1S/C23H21FN2O.C23H22N2O.C21H16Cl2N2O.C21H15ClF2N2O.C21H16ClFN2O/c1-14-6-8-19(24)12-21(14)23(27)26-22-9-7-18(13-25-22)20-11-17-5-3-4-16(17)10-15(20)2;1-15-6-3-4-9-20(15)23(26)25-22-11-10-19(14-24-22)21-13-18-8-5-7-17(18)12-16(21)2;22-18-7-2-1-6-16(18)21(26)25-20-9-8-15(12-24-20)17-10-13-4-3-5-14(13)11-19(17)23;22-16-10-13-4-1-3-12(13)9-15(16)14-7-8-19(25-11-14)26-21(27)20-17(23)5-2-6-18(20)24;22-18-11-14-5-3-4-13(14)10-17(18)15-8-9-20(24-12-15)25-21(26)16-6-1-2-7-19(16)23/h6-13H,3-5H2,1-2H3,(H,25,26,27);3-4,6,9-14H,5,7-8H2,1-2H3,(H,24,25,26);1-2,6-12H,3-5H2,(H,24,25,26);2,5-11H,1,3-4H2,(H,25,26,27);1-2,6-12H,3-5H2,(H,24,25,26). The van der Waals surface area contributed by atoms with Crippen LogP contribution in [0.1, 0.15) is 162 Å². The Morgan fingerprint density at radius 1 is 0.250 bits per heavy atom. The Balaban J connectivity index is 0.000000120. The van der Waals surface area contributed by atoms with E-state index < -0.39 is 40.6 Å². The zero-order chi connectivity index (χ0) is 92.2. The van der Waals surface area contributed by atoms with Gasteiger partial charge in [-0.3, -0.25) is 24.0 Å². The Hall–Kier alpha value is -13.8. The van der Waals surface area contributed by atoms with Gasteiger partial charge in [-0.05, 0) is 365 Å². The third kappa shape index (κ3) is 21.8. The molecule has 0 saturated heterocycles. The number of carbonyl (C=O) groups excluding carboxylic acids is 5. The van der Waals surface area contributed by atoms with Crippen LogP contribution in [0.5, 0.6) is 0 Å². The second-order valence-electron chi connectivity index (χ2n) is 33.2. The zero-order valence-electron chi connectivity index (χ0n) is 72.7. The minimum Gasteiger partial charge on any atom is -0.307 e. The fourth-order valence-corrected chi connectivity index (χ4v) is 18.4. The maximum absolute atomic E-state index is 13.7. The molecule has 5 amide bonds. The molecule has 5 aromatic heterocycles. The first-order valence-corrected chi connectivity index (χ1v) is 45.2. The maximum Gasteiger partial charge on any atom is 0.262 e. The number of carbonyl (C=O) groups is 5. The molecule has 0 unspecified atom stereocenters. The van der Waals surface area contributed by atoms with Gasteiger partial charge in [0, 0.05) is 102 Å². The number of aryl methyl sites for hydroxylation is 14. The lowest BCUT2D eigenvalue weighted by molar-refractivity contribution is 0.101. The Morgan fingerprint density at radius 2 is 0.538 bits per heavy atom. The number of benzene rings is 10. The number of nitrogens with zero attached hydrogens (tertiary/aromatic N) is 5. The van der Waals surface area contributed by atoms with Crippen molar-refractivity contribution < 1.29 is 41.5 Å². The van der Waals surface area contributed by atoms with Crippen molar-refractivity contribution in [2.45, 2.75) is 124 Å². The second-order valence-corrected chi connectivity index (χ2v) is 34.8. The van der Waals surface area contributed by atoms with E-state index in [4.69, 9.17) is 46.4 Å². The van der Waals surface area contributed by atoms with Crippen LogP contribution in [0.25, 0.3) is 55.6 Å². The van der Waals surface area contributed by atoms with Crippen LogP contribution in [-0.2, 0) is 64.2 Å². The quantitative estimate of drug-likeness (QED) is 0.0613. The minimum absolute atomic E-state index is 0.0138. The molecule has 15 aromatic rings. The van der Waals surface area contributed by atoms with Crippen molar-refractivity contribution >= 4 is 105 Å². The number of hydrogen-bond acceptors (Lipinski definition) is 10. The molecule has 0 atom stereocenters. The number of hydrogen-bond donors (Lipinski definition) is 5. The molecule has 0 spiro atoms. The molecule has 0 aliphatic heterocycles. The van der Waals surface area contributed by atoms with Gasteiger partial charge in [0.25, 0.3) is 29.5 Å². The highest BCUT2D eigenvalue weighted by molar-refractivity contribution is 6.35. The van der Waals surface area contributed by atoms with E-state index in [1.807, 2.05) is 79.9 Å². The van der Waals surface area contributed by atoms with Gasteiger partial charge in [0.15, 0.2) is 0 Å². The highest BCUT2D eigenvalue weighted by Crippen LogP contribution is 2.40. The van der Waals surface area contributed by atoms with Crippen molar-refractivity contribution in [2.75, 3.05) is 26.6 Å². The fraction of sp³-hybridized carbons (Fsp3) is 0.174. The van der Waals surface area contributed by atoms with Gasteiger partial charge < -0.3 is 26.6 Å². The monoisotopic (exact) mass is 1830 g/mol. The van der Waals surface area contributed by atoms with Gasteiger partial charge >= 0.3 is 0 Å². The predicted molar refractivity (Wildman–Crippen MR) is 519 cm³/mol. The smallest absolute Gasteiger partial charge is 0.262 e. The SMILES string of the molecule is Cc1ccc(F)cc1C(=O)Nc1ccc(-c2cc3c(cc2C)CCC3)cn1.Cc1ccccc1C(=O)Nc1ccc(-c2cc3c(cc2C)CCC3)cn1.O=C(Nc1ccc(-c2cc3c(cc2Cl)CCC3)cn1)c1c(F)cccc1F.O=C(Nc1ccc(-c2cc3c(cc2Cl)CCC3)cn1)c1ccccc1Cl.O=C(Nc1ccc(-c2cc3c(cc2Cl)CCC3)cn1)c1ccccc1F. The van der Waals surface area contributed by atoms with E-state index in [0.717, 1.165) is 131 Å². The van der Waals surface area contributed by atoms with E-state index in [1.165, 1.54) is 147 Å². The minimum atomic E-state index is -0.922. The van der Waals surface area contributed by atoms with Crippen LogP contribution in [0.4, 0.5) is 46.7 Å². The van der Waals surface area contributed by atoms with Gasteiger partial charge in [-0.1, -0.05) is 125 Å². The van der Waals surface area contributed by atoms with Crippen LogP contribution in [0.2, 0.25) is 20.1 Å². The number of halogens is 8. The van der Waals surface area contributed by atoms with Gasteiger partial charge in [0.2, 0.25) is 0 Å². The van der Waals surface area contributed by atoms with Crippen molar-refractivity contribution in [3.63, 3.8) is 0 Å². The topological polar surface area (TPSA) is 210 Å². The molecule has 15 nitrogen and oxygen atoms in total. The largest absolute Gasteiger partial charge is 0.307 e. The molecule has 0 saturated carbocycles. The summed E-state index contributed by atoms with van der Waals surface area (Å²) in [4.78, 5) is 83.1. The van der Waals surface area contributed by atoms with Crippen LogP contribution < -0.4 is 26.6 Å². The lowest BCUT2D eigenvalue weighted by Crippen LogP contribution is -2.16. The lowest BCUT2D eigenvalue weighted by atomic mass is 9.96. The summed E-state index contributed by atoms with van der Waals surface area (Å²) in [6, 6.07) is 67.6. The molecule has 0 radical (unpaired) electrons. The van der Waals surface area contributed by atoms with Gasteiger partial charge in [-0.25, -0.2) is 42.5 Å². The van der Waals surface area contributed by atoms with Crippen LogP contribution in [0, 0.1) is 51.0 Å². The van der Waals surface area contributed by atoms with Crippen molar-refractivity contribution in [3.05, 3.63) is 411 Å². The van der Waals surface area contributed by atoms with Crippen LogP contribution in [0.15, 0.2) is 262 Å². The number of nitrogens with one attached hydrogen (secondary N) is 5. The van der Waals surface area contributed by atoms with E-state index in [0.29, 0.717) is 55.0 Å². The molecule has 5 aliphatic carbocycles. The third-order valence-electron chi connectivity index (χ3n) is 24.3. The summed E-state index contributed by atoms with van der Waals surface area (Å²) in [7, 11) is 0. The highest BCUT2D eigenvalue weighted by Gasteiger charge is 2.25. The molecule has 0 bridgehead atoms. The van der Waals surface area contributed by atoms with E-state index in [-0.39, 0.29) is 29.1 Å². The summed E-state index contributed by atoms with van der Waals surface area (Å²) in [6.07, 6.45) is 25.6. The molecule has 132 heavy (non-hydrogen) atoms. The summed E-state index contributed by atoms with van der Waals surface area (Å²) in [5.41, 5.74) is 28.7. The Morgan fingerprint density at radius 3 is 0.902 bits per heavy atom. The van der Waals surface area contributed by atoms with Crippen molar-refractivity contribution in [2.24, 2.45) is 0 Å². The molecule has 662 valence electrons. The van der Waals surface area contributed by atoms with E-state index in [2.05, 4.69) is 114 Å². The molecule has 5 aliphatic rings. The Kier molecular flexibility index (Phi) is 28.8. The number of aromatic nitrogens is 5. The summed E-state index contributed by atoms with van der Waals surface area (Å²) < 4.78 is 54.5. The first-order valence-electron chi connectivity index (χ1n) is 43.7. The summed E-state index contributed by atoms with van der Waals surface area (Å²) in [5.74, 6) is -2.98. The average Bonchev–Trinajstić information content (AvgIpc) is 1.54. The van der Waals surface area contributed by atoms with Crippen LogP contribution in [-0.4, -0.2) is 54.5 Å². The van der Waals surface area contributed by atoms with Crippen LogP contribution >= 0.6 is 46.4 Å². The van der Waals surface area contributed by atoms with E-state index in [1.54, 1.807) is 105 Å². The molecular formula is C109H90Cl4F4N10O5. The summed E-state index contributed by atoms with van der Waals surface area (Å²) >= 11 is 25.3. The van der Waals surface area contributed by atoms with Crippen molar-refractivity contribution in [1.29, 1.82) is 0 Å². The lowest BCUT2D eigenvalue weighted by Gasteiger charge is -2.11. The molecule has 5 N–H and O–H groups in total. The van der Waals surface area contributed by atoms with E-state index >= 15 is 0 Å². The molecule has 20 rings (SSSR count). The summed E-state index contributed by atoms with van der Waals surface area (Å²) in [5, 5.41) is 15.9. The van der Waals surface area contributed by atoms with Gasteiger partial charge in [-0.15, -0.1) is 0 Å². The molecule has 0 fully saturated rings. The van der Waals surface area contributed by atoms with E-state index in [9.17, 15) is 41.5 Å². The van der Waals surface area contributed by atoms with Crippen LogP contribution in [0.3, 0.4) is 0 Å². The van der Waals surface area contributed by atoms with Crippen molar-refractivity contribution in [3.8, 4) is 55.6 Å². The van der Waals surface area contributed by atoms with Gasteiger partial charge in [0.05, 0.1) is 16.1 Å². The molecular weight excluding hydrogens is 1750 g/mol. The first kappa shape index (κ1) is 91.5. The zero-order valence-corrected chi connectivity index (χ0v) is 75.8. The number of pyridine rings is 5. The first-order chi connectivity index (χ1) is 63.9.